The molecule has 0 unspecified atom stereocenters. The number of ether oxygens (including phenoxy) is 1. The molecular formula is C24H21N3O7S. The van der Waals surface area contributed by atoms with Crippen molar-refractivity contribution >= 4 is 44.9 Å². The number of sulfonamides is 1. The van der Waals surface area contributed by atoms with Gasteiger partial charge in [-0.25, -0.2) is 8.42 Å². The zero-order chi connectivity index (χ0) is 25.2. The average Bonchev–Trinajstić information content (AvgIpc) is 2.80. The molecule has 3 N–H and O–H groups in total. The van der Waals surface area contributed by atoms with E-state index in [1.807, 2.05) is 13.0 Å². The number of para-hydroxylation sites is 1. The van der Waals surface area contributed by atoms with Gasteiger partial charge in [0.2, 0.25) is 0 Å². The summed E-state index contributed by atoms with van der Waals surface area (Å²) in [5.41, 5.74) is 1.68. The highest BCUT2D eigenvalue weighted by molar-refractivity contribution is 7.92. The molecule has 3 aromatic carbocycles. The van der Waals surface area contributed by atoms with E-state index in [1.54, 1.807) is 30.3 Å². The van der Waals surface area contributed by atoms with E-state index in [1.165, 1.54) is 24.3 Å². The summed E-state index contributed by atoms with van der Waals surface area (Å²) >= 11 is 0. The molecule has 1 aliphatic rings. The van der Waals surface area contributed by atoms with Gasteiger partial charge in [0, 0.05) is 5.69 Å². The summed E-state index contributed by atoms with van der Waals surface area (Å²) in [7, 11) is -4.22. The zero-order valence-corrected chi connectivity index (χ0v) is 19.3. The van der Waals surface area contributed by atoms with Crippen LogP contribution in [-0.2, 0) is 19.6 Å². The van der Waals surface area contributed by atoms with Gasteiger partial charge in [0.05, 0.1) is 21.8 Å². The Morgan fingerprint density at radius 1 is 1.06 bits per heavy atom. The van der Waals surface area contributed by atoms with Gasteiger partial charge in [0.15, 0.2) is 6.61 Å². The maximum absolute atomic E-state index is 13.2. The second kappa shape index (κ2) is 9.47. The number of carboxylic acids is 1. The summed E-state index contributed by atoms with van der Waals surface area (Å²) in [5.74, 6) is -2.19. The van der Waals surface area contributed by atoms with Gasteiger partial charge in [-0.05, 0) is 55.0 Å². The van der Waals surface area contributed by atoms with Crippen molar-refractivity contribution in [3.8, 4) is 5.75 Å². The summed E-state index contributed by atoms with van der Waals surface area (Å²) in [5, 5.41) is 11.9. The minimum atomic E-state index is -4.22. The second-order valence-electron chi connectivity index (χ2n) is 7.77. The number of rotatable bonds is 7. The third-order valence-electron chi connectivity index (χ3n) is 5.17. The highest BCUT2D eigenvalue weighted by Crippen LogP contribution is 2.34. The van der Waals surface area contributed by atoms with Gasteiger partial charge in [-0.15, -0.1) is 0 Å². The van der Waals surface area contributed by atoms with E-state index in [9.17, 15) is 22.8 Å². The van der Waals surface area contributed by atoms with E-state index < -0.39 is 34.4 Å². The number of hydrogen-bond acceptors (Lipinski definition) is 6. The molecule has 0 aliphatic carbocycles. The van der Waals surface area contributed by atoms with Crippen LogP contribution in [0.5, 0.6) is 5.75 Å². The van der Waals surface area contributed by atoms with Crippen molar-refractivity contribution in [2.75, 3.05) is 28.1 Å². The Hall–Kier alpha value is -4.38. The Bertz CT molecular complexity index is 1440. The molecule has 3 aromatic rings. The van der Waals surface area contributed by atoms with Crippen molar-refractivity contribution in [2.45, 2.75) is 11.8 Å². The van der Waals surface area contributed by atoms with Gasteiger partial charge in [0.1, 0.15) is 12.3 Å². The molecule has 0 fully saturated rings. The number of amides is 2. The molecule has 2 amide bonds. The van der Waals surface area contributed by atoms with Crippen LogP contribution in [0.15, 0.2) is 71.6 Å². The number of anilines is 3. The molecule has 1 heterocycles. The van der Waals surface area contributed by atoms with Crippen LogP contribution >= 0.6 is 0 Å². The predicted octanol–water partition coefficient (Wildman–Crippen LogP) is 2.86. The van der Waals surface area contributed by atoms with Crippen LogP contribution < -0.4 is 19.7 Å². The van der Waals surface area contributed by atoms with E-state index in [2.05, 4.69) is 10.0 Å². The van der Waals surface area contributed by atoms with E-state index in [0.717, 1.165) is 16.5 Å². The van der Waals surface area contributed by atoms with Crippen molar-refractivity contribution in [1.82, 2.24) is 0 Å². The maximum atomic E-state index is 13.2. The fraction of sp³-hybridized carbons (Fsp3) is 0.125. The first kappa shape index (κ1) is 23.8. The zero-order valence-electron chi connectivity index (χ0n) is 18.5. The number of fused-ring (bicyclic) bond motifs is 1. The fourth-order valence-electron chi connectivity index (χ4n) is 3.55. The number of carbonyl (C=O) groups excluding carboxylic acids is 2. The van der Waals surface area contributed by atoms with E-state index in [0.29, 0.717) is 5.69 Å². The molecule has 0 spiro atoms. The van der Waals surface area contributed by atoms with E-state index in [4.69, 9.17) is 9.84 Å². The lowest BCUT2D eigenvalue weighted by molar-refractivity contribution is -0.137. The normalized spacial score (nSPS) is 12.9. The van der Waals surface area contributed by atoms with Gasteiger partial charge in [0.25, 0.3) is 21.8 Å². The van der Waals surface area contributed by atoms with Crippen molar-refractivity contribution < 1.29 is 32.6 Å². The Labute approximate surface area is 201 Å². The number of carbonyl (C=O) groups is 3. The lowest BCUT2D eigenvalue weighted by Crippen LogP contribution is -2.42. The molecule has 0 bridgehead atoms. The Morgan fingerprint density at radius 3 is 2.57 bits per heavy atom. The predicted molar refractivity (Wildman–Crippen MR) is 128 cm³/mol. The first-order valence-electron chi connectivity index (χ1n) is 10.4. The summed E-state index contributed by atoms with van der Waals surface area (Å²) in [4.78, 5) is 36.9. The maximum Gasteiger partial charge on any atom is 0.323 e. The van der Waals surface area contributed by atoms with Gasteiger partial charge >= 0.3 is 5.97 Å². The van der Waals surface area contributed by atoms with Crippen LogP contribution in [0.2, 0.25) is 0 Å². The van der Waals surface area contributed by atoms with Crippen LogP contribution in [0.1, 0.15) is 15.9 Å². The van der Waals surface area contributed by atoms with Gasteiger partial charge in [-0.2, -0.15) is 0 Å². The fourth-order valence-corrected chi connectivity index (χ4v) is 4.65. The molecule has 11 heteroatoms. The number of benzene rings is 3. The molecule has 0 atom stereocenters. The number of aryl methyl sites for hydroxylation is 1. The summed E-state index contributed by atoms with van der Waals surface area (Å²) < 4.78 is 34.0. The number of nitrogens with one attached hydrogen (secondary N) is 2. The summed E-state index contributed by atoms with van der Waals surface area (Å²) in [6.45, 7) is 0.884. The van der Waals surface area contributed by atoms with Crippen LogP contribution in [0.4, 0.5) is 17.1 Å². The first-order valence-corrected chi connectivity index (χ1v) is 11.9. The standard InChI is InChI=1S/C24H21N3O7S/c1-15-5-4-6-16(11-15)25-24(31)18-7-2-3-8-19(18)26-35(32,33)17-9-10-21-20(12-17)27(13-23(29)30)22(28)14-34-21/h2-12,26H,13-14H2,1H3,(H,25,31)(H,29,30). The smallest absolute Gasteiger partial charge is 0.323 e. The minimum Gasteiger partial charge on any atom is -0.482 e. The molecule has 0 radical (unpaired) electrons. The molecule has 1 aliphatic heterocycles. The molecule has 0 saturated carbocycles. The number of aliphatic carboxylic acids is 1. The number of carboxylic acid groups (broad SMARTS) is 1. The monoisotopic (exact) mass is 495 g/mol. The van der Waals surface area contributed by atoms with Gasteiger partial charge in [-0.1, -0.05) is 24.3 Å². The van der Waals surface area contributed by atoms with E-state index >= 15 is 0 Å². The molecule has 180 valence electrons. The van der Waals surface area contributed by atoms with E-state index in [-0.39, 0.29) is 34.2 Å². The Kier molecular flexibility index (Phi) is 6.43. The minimum absolute atomic E-state index is 0.0250. The third kappa shape index (κ3) is 5.25. The van der Waals surface area contributed by atoms with Crippen LogP contribution in [0, 0.1) is 6.92 Å². The van der Waals surface area contributed by atoms with Crippen molar-refractivity contribution in [3.05, 3.63) is 77.9 Å². The molecule has 4 rings (SSSR count). The summed E-state index contributed by atoms with van der Waals surface area (Å²) in [6.07, 6.45) is 0. The summed E-state index contributed by atoms with van der Waals surface area (Å²) in [6, 6.07) is 17.1. The molecule has 10 nitrogen and oxygen atoms in total. The van der Waals surface area contributed by atoms with Crippen LogP contribution in [0.3, 0.4) is 0 Å². The molecule has 35 heavy (non-hydrogen) atoms. The molecular weight excluding hydrogens is 474 g/mol. The van der Waals surface area contributed by atoms with Crippen LogP contribution in [0.25, 0.3) is 0 Å². The Balaban J connectivity index is 1.63. The Morgan fingerprint density at radius 2 is 1.83 bits per heavy atom. The van der Waals surface area contributed by atoms with Crippen molar-refractivity contribution in [1.29, 1.82) is 0 Å². The quantitative estimate of drug-likeness (QED) is 0.457. The lowest BCUT2D eigenvalue weighted by Gasteiger charge is -2.28. The first-order chi connectivity index (χ1) is 16.6. The molecule has 0 saturated heterocycles. The highest BCUT2D eigenvalue weighted by atomic mass is 32.2. The number of hydrogen-bond donors (Lipinski definition) is 3. The van der Waals surface area contributed by atoms with Gasteiger partial charge < -0.3 is 15.2 Å². The molecule has 0 aromatic heterocycles. The highest BCUT2D eigenvalue weighted by Gasteiger charge is 2.29. The SMILES string of the molecule is Cc1cccc(NC(=O)c2ccccc2NS(=O)(=O)c2ccc3c(c2)N(CC(=O)O)C(=O)CO3)c1. The largest absolute Gasteiger partial charge is 0.482 e. The van der Waals surface area contributed by atoms with Crippen molar-refractivity contribution in [3.63, 3.8) is 0 Å². The second-order valence-corrected chi connectivity index (χ2v) is 9.45. The van der Waals surface area contributed by atoms with Crippen molar-refractivity contribution in [2.24, 2.45) is 0 Å². The lowest BCUT2D eigenvalue weighted by atomic mass is 10.1. The van der Waals surface area contributed by atoms with Crippen LogP contribution in [-0.4, -0.2) is 44.5 Å². The average molecular weight is 496 g/mol. The van der Waals surface area contributed by atoms with Gasteiger partial charge in [-0.3, -0.25) is 24.0 Å². The number of nitrogens with zero attached hydrogens (tertiary/aromatic N) is 1. The topological polar surface area (TPSA) is 142 Å². The third-order valence-corrected chi connectivity index (χ3v) is 6.53.